The molecule has 2 unspecified atom stereocenters. The highest BCUT2D eigenvalue weighted by atomic mass is 35.5. The molecular weight excluding hydrogens is 495 g/mol. The standard InChI is InChI=1S/C21H19Cl3N4O3S/c1-11-21(12(2)31-27-11)32(29,30)28-20(16-8-7-15(23)9-17(16)24)19-10-18(25-26-19)13-3-5-14(22)6-4-13/h3-9,18,20,25,28H,10H2,1-2H3. The van der Waals surface area contributed by atoms with Crippen molar-refractivity contribution in [1.29, 1.82) is 0 Å². The number of nitrogens with zero attached hydrogens (tertiary/aromatic N) is 2. The topological polar surface area (TPSA) is 96.6 Å². The Bertz CT molecular complexity index is 1270. The summed E-state index contributed by atoms with van der Waals surface area (Å²) in [5.74, 6) is 0.196. The van der Waals surface area contributed by atoms with Gasteiger partial charge in [-0.15, -0.1) is 0 Å². The van der Waals surface area contributed by atoms with Crippen LogP contribution in [0.15, 0.2) is 57.0 Å². The Kier molecular flexibility index (Phi) is 6.51. The molecule has 7 nitrogen and oxygen atoms in total. The Morgan fingerprint density at radius 3 is 2.41 bits per heavy atom. The van der Waals surface area contributed by atoms with Gasteiger partial charge in [-0.05, 0) is 49.2 Å². The van der Waals surface area contributed by atoms with E-state index in [-0.39, 0.29) is 22.4 Å². The van der Waals surface area contributed by atoms with Gasteiger partial charge in [-0.1, -0.05) is 58.2 Å². The molecule has 2 N–H and O–H groups in total. The zero-order chi connectivity index (χ0) is 23.0. The number of aryl methyl sites for hydroxylation is 2. The smallest absolute Gasteiger partial charge is 0.246 e. The third-order valence-electron chi connectivity index (χ3n) is 5.17. The largest absolute Gasteiger partial charge is 0.360 e. The molecule has 0 saturated heterocycles. The first-order valence-electron chi connectivity index (χ1n) is 9.63. The van der Waals surface area contributed by atoms with Crippen molar-refractivity contribution in [3.8, 4) is 0 Å². The zero-order valence-electron chi connectivity index (χ0n) is 17.1. The van der Waals surface area contributed by atoms with E-state index in [9.17, 15) is 8.42 Å². The SMILES string of the molecule is Cc1noc(C)c1S(=O)(=O)NC(C1=NNC(c2ccc(Cl)cc2)C1)c1ccc(Cl)cc1Cl. The molecule has 1 aliphatic heterocycles. The minimum atomic E-state index is -4.00. The van der Waals surface area contributed by atoms with Crippen molar-refractivity contribution in [2.45, 2.75) is 37.2 Å². The fraction of sp³-hybridized carbons (Fsp3) is 0.238. The van der Waals surface area contributed by atoms with E-state index in [0.717, 1.165) is 5.56 Å². The van der Waals surface area contributed by atoms with E-state index in [0.29, 0.717) is 32.8 Å². The number of nitrogens with one attached hydrogen (secondary N) is 2. The summed E-state index contributed by atoms with van der Waals surface area (Å²) in [7, 11) is -4.00. The van der Waals surface area contributed by atoms with E-state index in [1.807, 2.05) is 12.1 Å². The lowest BCUT2D eigenvalue weighted by atomic mass is 9.96. The number of rotatable bonds is 6. The van der Waals surface area contributed by atoms with E-state index in [1.54, 1.807) is 44.2 Å². The highest BCUT2D eigenvalue weighted by molar-refractivity contribution is 7.89. The van der Waals surface area contributed by atoms with Crippen LogP contribution in [0.1, 0.15) is 41.1 Å². The second kappa shape index (κ2) is 9.03. The summed E-state index contributed by atoms with van der Waals surface area (Å²) in [5, 5.41) is 9.59. The molecule has 0 aliphatic carbocycles. The minimum absolute atomic E-state index is 0.00612. The van der Waals surface area contributed by atoms with Crippen LogP contribution in [0.4, 0.5) is 0 Å². The number of halogens is 3. The van der Waals surface area contributed by atoms with Gasteiger partial charge in [0.2, 0.25) is 10.0 Å². The van der Waals surface area contributed by atoms with Crippen molar-refractivity contribution in [1.82, 2.24) is 15.3 Å². The summed E-state index contributed by atoms with van der Waals surface area (Å²) in [4.78, 5) is -0.00612. The predicted molar refractivity (Wildman–Crippen MR) is 125 cm³/mol. The average Bonchev–Trinajstić information content (AvgIpc) is 3.34. The maximum atomic E-state index is 13.3. The number of aromatic nitrogens is 1. The van der Waals surface area contributed by atoms with Crippen molar-refractivity contribution < 1.29 is 12.9 Å². The fourth-order valence-electron chi connectivity index (χ4n) is 3.65. The molecule has 0 radical (unpaired) electrons. The molecule has 0 fully saturated rings. The highest BCUT2D eigenvalue weighted by Gasteiger charge is 2.34. The zero-order valence-corrected chi connectivity index (χ0v) is 20.1. The van der Waals surface area contributed by atoms with Gasteiger partial charge in [0.05, 0.1) is 17.8 Å². The molecule has 0 saturated carbocycles. The molecule has 11 heteroatoms. The second-order valence-electron chi connectivity index (χ2n) is 7.41. The molecule has 1 aromatic heterocycles. The first-order valence-corrected chi connectivity index (χ1v) is 12.2. The number of hydrazone groups is 1. The molecule has 2 atom stereocenters. The van der Waals surface area contributed by atoms with Gasteiger partial charge >= 0.3 is 0 Å². The van der Waals surface area contributed by atoms with E-state index in [1.165, 1.54) is 0 Å². The number of hydrogen-bond acceptors (Lipinski definition) is 6. The van der Waals surface area contributed by atoms with E-state index in [2.05, 4.69) is 20.4 Å². The number of sulfonamides is 1. The molecule has 32 heavy (non-hydrogen) atoms. The lowest BCUT2D eigenvalue weighted by Crippen LogP contribution is -2.34. The maximum Gasteiger partial charge on any atom is 0.246 e. The summed E-state index contributed by atoms with van der Waals surface area (Å²) in [6.45, 7) is 3.12. The van der Waals surface area contributed by atoms with E-state index in [4.69, 9.17) is 39.3 Å². The van der Waals surface area contributed by atoms with E-state index >= 15 is 0 Å². The van der Waals surface area contributed by atoms with Crippen LogP contribution in [-0.2, 0) is 10.0 Å². The molecule has 1 aliphatic rings. The molecule has 3 aromatic rings. The van der Waals surface area contributed by atoms with Crippen molar-refractivity contribution >= 4 is 50.5 Å². The van der Waals surface area contributed by atoms with Gasteiger partial charge in [-0.25, -0.2) is 8.42 Å². The normalized spacial score (nSPS) is 17.2. The van der Waals surface area contributed by atoms with Crippen molar-refractivity contribution in [2.75, 3.05) is 0 Å². The second-order valence-corrected chi connectivity index (χ2v) is 10.3. The molecule has 0 spiro atoms. The van der Waals surface area contributed by atoms with Crippen LogP contribution in [0, 0.1) is 13.8 Å². The third-order valence-corrected chi connectivity index (χ3v) is 7.65. The van der Waals surface area contributed by atoms with Gasteiger partial charge in [0, 0.05) is 21.5 Å². The van der Waals surface area contributed by atoms with Crippen LogP contribution >= 0.6 is 34.8 Å². The van der Waals surface area contributed by atoms with Crippen molar-refractivity contribution in [3.63, 3.8) is 0 Å². The fourth-order valence-corrected chi connectivity index (χ4v) is 5.83. The number of hydrogen-bond donors (Lipinski definition) is 2. The van der Waals surface area contributed by atoms with E-state index < -0.39 is 16.1 Å². The Hall–Kier alpha value is -2.10. The lowest BCUT2D eigenvalue weighted by Gasteiger charge is -2.21. The predicted octanol–water partition coefficient (Wildman–Crippen LogP) is 5.36. The quantitative estimate of drug-likeness (QED) is 0.462. The Morgan fingerprint density at radius 1 is 1.09 bits per heavy atom. The van der Waals surface area contributed by atoms with Crippen LogP contribution in [-0.4, -0.2) is 19.3 Å². The van der Waals surface area contributed by atoms with Gasteiger partial charge in [0.25, 0.3) is 0 Å². The first kappa shape index (κ1) is 23.1. The van der Waals surface area contributed by atoms with Gasteiger partial charge in [-0.3, -0.25) is 0 Å². The summed E-state index contributed by atoms with van der Waals surface area (Å²) in [6, 6.07) is 11.3. The molecular formula is C21H19Cl3N4O3S. The number of benzene rings is 2. The molecule has 168 valence electrons. The van der Waals surface area contributed by atoms with Gasteiger partial charge in [-0.2, -0.15) is 9.82 Å². The summed E-state index contributed by atoms with van der Waals surface area (Å²) < 4.78 is 34.3. The molecule has 2 heterocycles. The van der Waals surface area contributed by atoms with Crippen molar-refractivity contribution in [3.05, 3.63) is 80.1 Å². The van der Waals surface area contributed by atoms with Crippen LogP contribution in [0.2, 0.25) is 15.1 Å². The third kappa shape index (κ3) is 4.65. The Balaban J connectivity index is 1.70. The maximum absolute atomic E-state index is 13.3. The molecule has 4 rings (SSSR count). The molecule has 0 bridgehead atoms. The highest BCUT2D eigenvalue weighted by Crippen LogP contribution is 2.34. The summed E-state index contributed by atoms with van der Waals surface area (Å²) >= 11 is 18.5. The van der Waals surface area contributed by atoms with Gasteiger partial charge in [0.1, 0.15) is 10.6 Å². The van der Waals surface area contributed by atoms with Gasteiger partial charge in [0.15, 0.2) is 5.76 Å². The average molecular weight is 514 g/mol. The Morgan fingerprint density at radius 2 is 1.78 bits per heavy atom. The first-order chi connectivity index (χ1) is 15.2. The van der Waals surface area contributed by atoms with Crippen LogP contribution in [0.3, 0.4) is 0 Å². The van der Waals surface area contributed by atoms with Gasteiger partial charge < -0.3 is 9.95 Å². The summed E-state index contributed by atoms with van der Waals surface area (Å²) in [6.07, 6.45) is 0.454. The molecule has 0 amide bonds. The molecule has 2 aromatic carbocycles. The lowest BCUT2D eigenvalue weighted by molar-refractivity contribution is 0.390. The van der Waals surface area contributed by atoms with Crippen LogP contribution in [0.25, 0.3) is 0 Å². The monoisotopic (exact) mass is 512 g/mol. The minimum Gasteiger partial charge on any atom is -0.360 e. The van der Waals surface area contributed by atoms with Crippen LogP contribution in [0.5, 0.6) is 0 Å². The Labute approximate surface area is 200 Å². The van der Waals surface area contributed by atoms with Crippen LogP contribution < -0.4 is 10.1 Å². The van der Waals surface area contributed by atoms with Crippen molar-refractivity contribution in [2.24, 2.45) is 5.10 Å². The summed E-state index contributed by atoms with van der Waals surface area (Å²) in [5.41, 5.74) is 5.42.